The predicted molar refractivity (Wildman–Crippen MR) is 77.9 cm³/mol. The standard InChI is InChI=1S/C14H27NO2S/c1-5-15-12-8-10(3)7-11(4)14(12)18-9-13(16)17-6-2/h10-12,14-15H,5-9H2,1-4H3. The molecule has 0 aromatic carbocycles. The minimum Gasteiger partial charge on any atom is -0.465 e. The average molecular weight is 273 g/mol. The van der Waals surface area contributed by atoms with Gasteiger partial charge in [-0.2, -0.15) is 0 Å². The highest BCUT2D eigenvalue weighted by Crippen LogP contribution is 2.36. The second-order valence-electron chi connectivity index (χ2n) is 5.30. The molecule has 0 amide bonds. The lowest BCUT2D eigenvalue weighted by Gasteiger charge is -2.39. The summed E-state index contributed by atoms with van der Waals surface area (Å²) >= 11 is 1.77. The highest BCUT2D eigenvalue weighted by Gasteiger charge is 2.34. The second-order valence-corrected chi connectivity index (χ2v) is 6.47. The van der Waals surface area contributed by atoms with Gasteiger partial charge in [-0.15, -0.1) is 11.8 Å². The molecule has 1 rings (SSSR count). The Morgan fingerprint density at radius 3 is 2.67 bits per heavy atom. The highest BCUT2D eigenvalue weighted by atomic mass is 32.2. The number of thioether (sulfide) groups is 1. The maximum atomic E-state index is 11.5. The maximum absolute atomic E-state index is 11.5. The molecular formula is C14H27NO2S. The number of hydrogen-bond acceptors (Lipinski definition) is 4. The topological polar surface area (TPSA) is 38.3 Å². The van der Waals surface area contributed by atoms with Gasteiger partial charge in [0.2, 0.25) is 0 Å². The van der Waals surface area contributed by atoms with Crippen molar-refractivity contribution in [3.05, 3.63) is 0 Å². The number of esters is 1. The van der Waals surface area contributed by atoms with Crippen LogP contribution in [0.3, 0.4) is 0 Å². The molecule has 18 heavy (non-hydrogen) atoms. The first-order chi connectivity index (χ1) is 8.58. The van der Waals surface area contributed by atoms with E-state index in [0.29, 0.717) is 29.6 Å². The van der Waals surface area contributed by atoms with Crippen molar-refractivity contribution in [2.45, 2.75) is 51.8 Å². The smallest absolute Gasteiger partial charge is 0.315 e. The lowest BCUT2D eigenvalue weighted by atomic mass is 9.80. The van der Waals surface area contributed by atoms with Gasteiger partial charge >= 0.3 is 5.97 Å². The SMILES string of the molecule is CCNC1CC(C)CC(C)C1SCC(=O)OCC. The Morgan fingerprint density at radius 2 is 2.06 bits per heavy atom. The van der Waals surface area contributed by atoms with Gasteiger partial charge in [-0.25, -0.2) is 0 Å². The van der Waals surface area contributed by atoms with Gasteiger partial charge in [-0.1, -0.05) is 20.8 Å². The molecule has 0 spiro atoms. The van der Waals surface area contributed by atoms with Gasteiger partial charge in [-0.05, 0) is 38.1 Å². The first kappa shape index (κ1) is 15.8. The summed E-state index contributed by atoms with van der Waals surface area (Å²) in [7, 11) is 0. The van der Waals surface area contributed by atoms with Crippen LogP contribution in [0.5, 0.6) is 0 Å². The zero-order valence-electron chi connectivity index (χ0n) is 12.1. The molecule has 0 aliphatic heterocycles. The van der Waals surface area contributed by atoms with E-state index < -0.39 is 0 Å². The van der Waals surface area contributed by atoms with E-state index in [0.717, 1.165) is 12.5 Å². The van der Waals surface area contributed by atoms with Crippen molar-refractivity contribution in [3.8, 4) is 0 Å². The van der Waals surface area contributed by atoms with Crippen LogP contribution in [0, 0.1) is 11.8 Å². The molecule has 0 aromatic heterocycles. The summed E-state index contributed by atoms with van der Waals surface area (Å²) in [6.07, 6.45) is 2.49. The molecule has 0 bridgehead atoms. The maximum Gasteiger partial charge on any atom is 0.315 e. The molecule has 3 nitrogen and oxygen atoms in total. The van der Waals surface area contributed by atoms with E-state index in [2.05, 4.69) is 26.1 Å². The monoisotopic (exact) mass is 273 g/mol. The summed E-state index contributed by atoms with van der Waals surface area (Å²) in [5, 5.41) is 4.11. The molecule has 1 aliphatic rings. The van der Waals surface area contributed by atoms with Crippen molar-refractivity contribution >= 4 is 17.7 Å². The van der Waals surface area contributed by atoms with E-state index in [1.807, 2.05) is 6.92 Å². The van der Waals surface area contributed by atoms with Crippen molar-refractivity contribution in [1.82, 2.24) is 5.32 Å². The van der Waals surface area contributed by atoms with E-state index in [4.69, 9.17) is 4.74 Å². The molecule has 0 aromatic rings. The molecule has 106 valence electrons. The van der Waals surface area contributed by atoms with E-state index in [-0.39, 0.29) is 5.97 Å². The lowest BCUT2D eigenvalue weighted by molar-refractivity contribution is -0.139. The van der Waals surface area contributed by atoms with Gasteiger partial charge in [0.05, 0.1) is 12.4 Å². The Morgan fingerprint density at radius 1 is 1.33 bits per heavy atom. The van der Waals surface area contributed by atoms with Crippen molar-refractivity contribution in [2.24, 2.45) is 11.8 Å². The summed E-state index contributed by atoms with van der Waals surface area (Å²) in [4.78, 5) is 11.5. The minimum atomic E-state index is -0.0800. The summed E-state index contributed by atoms with van der Waals surface area (Å²) in [5.41, 5.74) is 0. The predicted octanol–water partition coefficient (Wildman–Crippen LogP) is 2.70. The fourth-order valence-corrected chi connectivity index (χ4v) is 4.23. The molecule has 0 saturated heterocycles. The van der Waals surface area contributed by atoms with E-state index in [9.17, 15) is 4.79 Å². The molecule has 4 unspecified atom stereocenters. The van der Waals surface area contributed by atoms with Gasteiger partial charge in [0.25, 0.3) is 0 Å². The molecule has 1 saturated carbocycles. The molecule has 0 heterocycles. The molecule has 1 N–H and O–H groups in total. The fourth-order valence-electron chi connectivity index (χ4n) is 2.94. The Kier molecular flexibility index (Phi) is 7.08. The minimum absolute atomic E-state index is 0.0800. The van der Waals surface area contributed by atoms with E-state index in [1.54, 1.807) is 11.8 Å². The summed E-state index contributed by atoms with van der Waals surface area (Å²) in [6.45, 7) is 10.1. The Hall–Kier alpha value is -0.220. The van der Waals surface area contributed by atoms with Gasteiger partial charge in [0.1, 0.15) is 0 Å². The Bertz CT molecular complexity index is 260. The van der Waals surface area contributed by atoms with Crippen LogP contribution in [0.25, 0.3) is 0 Å². The van der Waals surface area contributed by atoms with Crippen LogP contribution in [-0.4, -0.2) is 36.2 Å². The van der Waals surface area contributed by atoms with Gasteiger partial charge in [0, 0.05) is 11.3 Å². The van der Waals surface area contributed by atoms with Crippen LogP contribution < -0.4 is 5.32 Å². The van der Waals surface area contributed by atoms with Gasteiger partial charge < -0.3 is 10.1 Å². The van der Waals surface area contributed by atoms with Crippen molar-refractivity contribution < 1.29 is 9.53 Å². The van der Waals surface area contributed by atoms with Crippen LogP contribution in [-0.2, 0) is 9.53 Å². The van der Waals surface area contributed by atoms with Crippen LogP contribution in [0.15, 0.2) is 0 Å². The van der Waals surface area contributed by atoms with Crippen molar-refractivity contribution in [3.63, 3.8) is 0 Å². The third kappa shape index (κ3) is 4.81. The number of carbonyl (C=O) groups is 1. The normalized spacial score (nSPS) is 32.2. The summed E-state index contributed by atoms with van der Waals surface area (Å²) in [6, 6.07) is 0.535. The van der Waals surface area contributed by atoms with Crippen LogP contribution in [0.1, 0.15) is 40.5 Å². The van der Waals surface area contributed by atoms with E-state index in [1.165, 1.54) is 12.8 Å². The fraction of sp³-hybridized carbons (Fsp3) is 0.929. The van der Waals surface area contributed by atoms with Crippen LogP contribution >= 0.6 is 11.8 Å². The first-order valence-electron chi connectivity index (χ1n) is 7.09. The second kappa shape index (κ2) is 8.05. The number of hydrogen-bond donors (Lipinski definition) is 1. The summed E-state index contributed by atoms with van der Waals surface area (Å²) < 4.78 is 5.00. The van der Waals surface area contributed by atoms with Gasteiger partial charge in [0.15, 0.2) is 0 Å². The third-order valence-corrected chi connectivity index (χ3v) is 5.13. The Balaban J connectivity index is 2.50. The largest absolute Gasteiger partial charge is 0.465 e. The molecule has 1 aliphatic carbocycles. The van der Waals surface area contributed by atoms with Crippen molar-refractivity contribution in [1.29, 1.82) is 0 Å². The first-order valence-corrected chi connectivity index (χ1v) is 8.13. The lowest BCUT2D eigenvalue weighted by Crippen LogP contribution is -2.46. The highest BCUT2D eigenvalue weighted by molar-refractivity contribution is 8.00. The third-order valence-electron chi connectivity index (χ3n) is 3.55. The molecule has 1 fully saturated rings. The molecular weight excluding hydrogens is 246 g/mol. The number of ether oxygens (including phenoxy) is 1. The zero-order valence-corrected chi connectivity index (χ0v) is 12.9. The van der Waals surface area contributed by atoms with E-state index >= 15 is 0 Å². The molecule has 0 radical (unpaired) electrons. The van der Waals surface area contributed by atoms with Crippen LogP contribution in [0.4, 0.5) is 0 Å². The Labute approximate surface area is 115 Å². The molecule has 4 heteroatoms. The number of carbonyl (C=O) groups excluding carboxylic acids is 1. The molecule has 4 atom stereocenters. The summed E-state index contributed by atoms with van der Waals surface area (Å²) in [5.74, 6) is 1.85. The number of nitrogens with one attached hydrogen (secondary N) is 1. The van der Waals surface area contributed by atoms with Gasteiger partial charge in [-0.3, -0.25) is 4.79 Å². The number of rotatable bonds is 6. The van der Waals surface area contributed by atoms with Crippen LogP contribution in [0.2, 0.25) is 0 Å². The zero-order chi connectivity index (χ0) is 13.5. The quantitative estimate of drug-likeness (QED) is 0.755. The average Bonchev–Trinajstić information content (AvgIpc) is 2.28. The van der Waals surface area contributed by atoms with Crippen molar-refractivity contribution in [2.75, 3.05) is 18.9 Å².